The van der Waals surface area contributed by atoms with E-state index in [1.165, 1.54) is 12.1 Å². The first-order chi connectivity index (χ1) is 16.3. The van der Waals surface area contributed by atoms with E-state index in [0.717, 1.165) is 12.1 Å². The van der Waals surface area contributed by atoms with Gasteiger partial charge in [0.1, 0.15) is 17.2 Å². The zero-order valence-electron chi connectivity index (χ0n) is 17.4. The summed E-state index contributed by atoms with van der Waals surface area (Å²) in [4.78, 5) is 12.9. The van der Waals surface area contributed by atoms with Crippen LogP contribution in [0.3, 0.4) is 0 Å². The molecule has 168 valence electrons. The van der Waals surface area contributed by atoms with Crippen LogP contribution in [0.4, 0.5) is 13.2 Å². The Morgan fingerprint density at radius 2 is 1.53 bits per heavy atom. The Labute approximate surface area is 191 Å². The van der Waals surface area contributed by atoms with Crippen molar-refractivity contribution in [2.24, 2.45) is 5.73 Å². The molecule has 8 heteroatoms. The highest BCUT2D eigenvalue weighted by Gasteiger charge is 2.35. The van der Waals surface area contributed by atoms with Crippen LogP contribution in [0.1, 0.15) is 22.6 Å². The summed E-state index contributed by atoms with van der Waals surface area (Å²) < 4.78 is 49.7. The first kappa shape index (κ1) is 21.3. The SMILES string of the molecule is N#CC1=C(N)Oc2c(c(=O)oc3ccccc23)C1c1ccc(-c2ccc(C(F)(F)F)cc2)cc1. The molecular weight excluding hydrogens is 445 g/mol. The Morgan fingerprint density at radius 3 is 2.15 bits per heavy atom. The number of alkyl halides is 3. The van der Waals surface area contributed by atoms with E-state index >= 15 is 0 Å². The quantitative estimate of drug-likeness (QED) is 0.388. The third kappa shape index (κ3) is 3.48. The Kier molecular flexibility index (Phi) is 4.91. The molecule has 2 N–H and O–H groups in total. The highest BCUT2D eigenvalue weighted by molar-refractivity contribution is 5.86. The number of nitriles is 1. The van der Waals surface area contributed by atoms with E-state index in [9.17, 15) is 23.2 Å². The van der Waals surface area contributed by atoms with E-state index in [-0.39, 0.29) is 22.8 Å². The summed E-state index contributed by atoms with van der Waals surface area (Å²) in [5.41, 5.74) is 7.08. The maximum atomic E-state index is 12.9. The number of nitrogens with zero attached hydrogens (tertiary/aromatic N) is 1. The van der Waals surface area contributed by atoms with Gasteiger partial charge in [-0.2, -0.15) is 18.4 Å². The number of nitrogens with two attached hydrogens (primary N) is 1. The van der Waals surface area contributed by atoms with Crippen LogP contribution in [-0.2, 0) is 6.18 Å². The minimum Gasteiger partial charge on any atom is -0.439 e. The summed E-state index contributed by atoms with van der Waals surface area (Å²) >= 11 is 0. The predicted molar refractivity (Wildman–Crippen MR) is 119 cm³/mol. The summed E-state index contributed by atoms with van der Waals surface area (Å²) in [7, 11) is 0. The first-order valence-corrected chi connectivity index (χ1v) is 10.2. The monoisotopic (exact) mass is 460 g/mol. The summed E-state index contributed by atoms with van der Waals surface area (Å²) in [5, 5.41) is 10.3. The van der Waals surface area contributed by atoms with Gasteiger partial charge in [0.15, 0.2) is 5.75 Å². The number of benzene rings is 3. The highest BCUT2D eigenvalue weighted by Crippen LogP contribution is 2.43. The van der Waals surface area contributed by atoms with Crippen molar-refractivity contribution in [3.8, 4) is 22.9 Å². The molecule has 0 aliphatic carbocycles. The number of halogens is 3. The molecule has 1 unspecified atom stereocenters. The summed E-state index contributed by atoms with van der Waals surface area (Å²) in [5.74, 6) is -0.695. The fourth-order valence-electron chi connectivity index (χ4n) is 4.12. The van der Waals surface area contributed by atoms with Crippen molar-refractivity contribution in [1.29, 1.82) is 5.26 Å². The van der Waals surface area contributed by atoms with E-state index in [1.807, 2.05) is 6.07 Å². The molecule has 0 saturated heterocycles. The van der Waals surface area contributed by atoms with Crippen molar-refractivity contribution in [2.75, 3.05) is 0 Å². The van der Waals surface area contributed by atoms with Gasteiger partial charge in [0.2, 0.25) is 5.88 Å². The number of ether oxygens (including phenoxy) is 1. The average molecular weight is 460 g/mol. The van der Waals surface area contributed by atoms with Gasteiger partial charge in [0, 0.05) is 0 Å². The minimum atomic E-state index is -4.41. The number of para-hydroxylation sites is 1. The van der Waals surface area contributed by atoms with Crippen LogP contribution < -0.4 is 16.1 Å². The van der Waals surface area contributed by atoms with Crippen molar-refractivity contribution in [2.45, 2.75) is 12.1 Å². The van der Waals surface area contributed by atoms with Crippen molar-refractivity contribution >= 4 is 11.0 Å². The molecule has 34 heavy (non-hydrogen) atoms. The van der Waals surface area contributed by atoms with Gasteiger partial charge in [-0.3, -0.25) is 0 Å². The lowest BCUT2D eigenvalue weighted by Crippen LogP contribution is -2.26. The third-order valence-corrected chi connectivity index (χ3v) is 5.76. The number of hydrogen-bond donors (Lipinski definition) is 1. The lowest BCUT2D eigenvalue weighted by molar-refractivity contribution is -0.137. The van der Waals surface area contributed by atoms with Gasteiger partial charge in [0.05, 0.1) is 22.4 Å². The van der Waals surface area contributed by atoms with Crippen molar-refractivity contribution < 1.29 is 22.3 Å². The van der Waals surface area contributed by atoms with Crippen LogP contribution in [0.5, 0.6) is 5.75 Å². The van der Waals surface area contributed by atoms with Crippen LogP contribution in [0.15, 0.2) is 93.5 Å². The van der Waals surface area contributed by atoms with Crippen LogP contribution in [0.25, 0.3) is 22.1 Å². The van der Waals surface area contributed by atoms with Crippen molar-refractivity contribution in [3.05, 3.63) is 111 Å². The molecule has 5 rings (SSSR count). The first-order valence-electron chi connectivity index (χ1n) is 10.2. The maximum Gasteiger partial charge on any atom is 0.416 e. The maximum absolute atomic E-state index is 12.9. The molecule has 0 saturated carbocycles. The molecule has 0 bridgehead atoms. The highest BCUT2D eigenvalue weighted by atomic mass is 19.4. The van der Waals surface area contributed by atoms with Crippen LogP contribution in [-0.4, -0.2) is 0 Å². The third-order valence-electron chi connectivity index (χ3n) is 5.76. The molecule has 1 aliphatic heterocycles. The van der Waals surface area contributed by atoms with Gasteiger partial charge in [-0.05, 0) is 41.0 Å². The molecule has 4 aromatic rings. The smallest absolute Gasteiger partial charge is 0.416 e. The average Bonchev–Trinajstić information content (AvgIpc) is 2.83. The lowest BCUT2D eigenvalue weighted by atomic mass is 9.83. The molecule has 1 atom stereocenters. The van der Waals surface area contributed by atoms with E-state index < -0.39 is 23.3 Å². The topological polar surface area (TPSA) is 89.3 Å². The van der Waals surface area contributed by atoms with Gasteiger partial charge in [-0.15, -0.1) is 0 Å². The molecule has 1 aliphatic rings. The minimum absolute atomic E-state index is 0.0670. The largest absolute Gasteiger partial charge is 0.439 e. The zero-order chi connectivity index (χ0) is 24.0. The van der Waals surface area contributed by atoms with E-state index in [4.69, 9.17) is 14.9 Å². The van der Waals surface area contributed by atoms with Crippen molar-refractivity contribution in [1.82, 2.24) is 0 Å². The van der Waals surface area contributed by atoms with Crippen LogP contribution in [0.2, 0.25) is 0 Å². The lowest BCUT2D eigenvalue weighted by Gasteiger charge is -2.26. The standard InChI is InChI=1S/C26H15F3N2O3/c27-26(28,29)17-11-9-15(10-12-17)14-5-7-16(8-6-14)21-19(13-30)24(31)34-23-18-3-1-2-4-20(18)33-25(32)22(21)23/h1-12,21H,31H2. The second-order valence-corrected chi connectivity index (χ2v) is 7.75. The van der Waals surface area contributed by atoms with E-state index in [1.54, 1.807) is 48.5 Å². The van der Waals surface area contributed by atoms with Gasteiger partial charge >= 0.3 is 11.8 Å². The fourth-order valence-corrected chi connectivity index (χ4v) is 4.12. The molecule has 0 amide bonds. The normalized spacial score (nSPS) is 15.5. The molecular formula is C26H15F3N2O3. The molecule has 2 heterocycles. The Hall–Kier alpha value is -4.51. The second-order valence-electron chi connectivity index (χ2n) is 7.75. The van der Waals surface area contributed by atoms with E-state index in [2.05, 4.69) is 0 Å². The zero-order valence-corrected chi connectivity index (χ0v) is 17.4. The molecule has 0 radical (unpaired) electrons. The molecule has 5 nitrogen and oxygen atoms in total. The summed E-state index contributed by atoms with van der Waals surface area (Å²) in [6.07, 6.45) is -4.41. The van der Waals surface area contributed by atoms with Gasteiger partial charge in [-0.25, -0.2) is 4.79 Å². The predicted octanol–water partition coefficient (Wildman–Crippen LogP) is 5.70. The summed E-state index contributed by atoms with van der Waals surface area (Å²) in [6, 6.07) is 20.5. The molecule has 0 spiro atoms. The fraction of sp³-hybridized carbons (Fsp3) is 0.0769. The number of allylic oxidation sites excluding steroid dienone is 1. The van der Waals surface area contributed by atoms with Crippen LogP contribution >= 0.6 is 0 Å². The number of hydrogen-bond acceptors (Lipinski definition) is 5. The van der Waals surface area contributed by atoms with Gasteiger partial charge in [-0.1, -0.05) is 48.5 Å². The Balaban J connectivity index is 1.61. The number of fused-ring (bicyclic) bond motifs is 3. The Bertz CT molecular complexity index is 1540. The molecule has 0 fully saturated rings. The molecule has 3 aromatic carbocycles. The number of rotatable bonds is 2. The summed E-state index contributed by atoms with van der Waals surface area (Å²) in [6.45, 7) is 0. The van der Waals surface area contributed by atoms with E-state index in [0.29, 0.717) is 27.7 Å². The van der Waals surface area contributed by atoms with Gasteiger partial charge in [0.25, 0.3) is 0 Å². The Morgan fingerprint density at radius 1 is 0.912 bits per heavy atom. The second kappa shape index (κ2) is 7.81. The van der Waals surface area contributed by atoms with Gasteiger partial charge < -0.3 is 14.9 Å². The van der Waals surface area contributed by atoms with Crippen molar-refractivity contribution in [3.63, 3.8) is 0 Å². The molecule has 1 aromatic heterocycles. The van der Waals surface area contributed by atoms with Crippen LogP contribution in [0, 0.1) is 11.3 Å².